The second kappa shape index (κ2) is 7.47. The number of carboxylic acids is 1. The van der Waals surface area contributed by atoms with E-state index in [9.17, 15) is 19.5 Å². The molecule has 2 rings (SSSR count). The Balaban J connectivity index is 1.95. The molecule has 0 aliphatic heterocycles. The van der Waals surface area contributed by atoms with Crippen molar-refractivity contribution in [1.82, 2.24) is 5.32 Å². The van der Waals surface area contributed by atoms with E-state index in [2.05, 4.69) is 10.6 Å². The van der Waals surface area contributed by atoms with Gasteiger partial charge in [-0.05, 0) is 48.9 Å². The van der Waals surface area contributed by atoms with Crippen LogP contribution in [0, 0.1) is 17.8 Å². The van der Waals surface area contributed by atoms with Crippen LogP contribution < -0.4 is 10.6 Å². The molecule has 6 heteroatoms. The highest BCUT2D eigenvalue weighted by molar-refractivity contribution is 5.98. The van der Waals surface area contributed by atoms with E-state index in [1.54, 1.807) is 24.3 Å². The van der Waals surface area contributed by atoms with Crippen molar-refractivity contribution < 1.29 is 19.5 Å². The summed E-state index contributed by atoms with van der Waals surface area (Å²) in [5.41, 5.74) is 0.996. The molecule has 2 unspecified atom stereocenters. The van der Waals surface area contributed by atoms with Crippen molar-refractivity contribution in [2.75, 3.05) is 5.32 Å². The lowest BCUT2D eigenvalue weighted by molar-refractivity contribution is -0.139. The zero-order valence-electron chi connectivity index (χ0n) is 14.2. The van der Waals surface area contributed by atoms with Crippen LogP contribution in [0.4, 0.5) is 5.69 Å². The Morgan fingerprint density at radius 2 is 1.79 bits per heavy atom. The number of aliphatic carboxylic acids is 1. The summed E-state index contributed by atoms with van der Waals surface area (Å²) in [5, 5.41) is 14.5. The maximum absolute atomic E-state index is 12.2. The summed E-state index contributed by atoms with van der Waals surface area (Å²) >= 11 is 0. The summed E-state index contributed by atoms with van der Waals surface area (Å²) in [5.74, 6) is -0.795. The van der Waals surface area contributed by atoms with Crippen molar-refractivity contribution in [1.29, 1.82) is 0 Å². The Hall–Kier alpha value is -2.37. The third-order valence-corrected chi connectivity index (χ3v) is 4.17. The van der Waals surface area contributed by atoms with Gasteiger partial charge in [-0.2, -0.15) is 0 Å². The standard InChI is InChI=1S/C18H24N2O4/c1-10(2)8-15(18(23)24)20-16(21)12-4-6-13(7-5-12)19-17(22)14-9-11(14)3/h4-7,10-11,14-15H,8-9H2,1-3H3,(H,19,22)(H,20,21)(H,23,24)/t11?,14?,15-/m1/s1. The van der Waals surface area contributed by atoms with Gasteiger partial charge in [0.25, 0.3) is 5.91 Å². The summed E-state index contributed by atoms with van der Waals surface area (Å²) in [6.07, 6.45) is 1.29. The SMILES string of the molecule is CC(C)C[C@@H](NC(=O)c1ccc(NC(=O)C2CC2C)cc1)C(=O)O. The number of benzene rings is 1. The first-order valence-electron chi connectivity index (χ1n) is 8.22. The molecule has 1 fully saturated rings. The Kier molecular flexibility index (Phi) is 5.59. The number of hydrogen-bond donors (Lipinski definition) is 3. The third kappa shape index (κ3) is 4.81. The first-order chi connectivity index (χ1) is 11.3. The smallest absolute Gasteiger partial charge is 0.326 e. The highest BCUT2D eigenvalue weighted by Crippen LogP contribution is 2.38. The van der Waals surface area contributed by atoms with E-state index in [-0.39, 0.29) is 17.7 Å². The number of carbonyl (C=O) groups excluding carboxylic acids is 2. The molecule has 1 aromatic carbocycles. The molecular formula is C18H24N2O4. The fourth-order valence-corrected chi connectivity index (χ4v) is 2.56. The fourth-order valence-electron chi connectivity index (χ4n) is 2.56. The molecule has 3 atom stereocenters. The van der Waals surface area contributed by atoms with Crippen LogP contribution in [-0.2, 0) is 9.59 Å². The summed E-state index contributed by atoms with van der Waals surface area (Å²) in [4.78, 5) is 35.3. The van der Waals surface area contributed by atoms with Gasteiger partial charge in [0.2, 0.25) is 5.91 Å². The van der Waals surface area contributed by atoms with Crippen LogP contribution in [0.15, 0.2) is 24.3 Å². The molecule has 24 heavy (non-hydrogen) atoms. The lowest BCUT2D eigenvalue weighted by atomic mass is 10.0. The number of nitrogens with one attached hydrogen (secondary N) is 2. The van der Waals surface area contributed by atoms with Crippen LogP contribution in [-0.4, -0.2) is 28.9 Å². The monoisotopic (exact) mass is 332 g/mol. The van der Waals surface area contributed by atoms with Crippen LogP contribution >= 0.6 is 0 Å². The molecule has 0 radical (unpaired) electrons. The summed E-state index contributed by atoms with van der Waals surface area (Å²) in [6, 6.07) is 5.55. The van der Waals surface area contributed by atoms with E-state index in [1.165, 1.54) is 0 Å². The summed E-state index contributed by atoms with van der Waals surface area (Å²) in [7, 11) is 0. The first-order valence-corrected chi connectivity index (χ1v) is 8.22. The molecule has 0 saturated heterocycles. The fraction of sp³-hybridized carbons (Fsp3) is 0.500. The van der Waals surface area contributed by atoms with Crippen molar-refractivity contribution in [2.24, 2.45) is 17.8 Å². The van der Waals surface area contributed by atoms with Crippen molar-refractivity contribution >= 4 is 23.5 Å². The highest BCUT2D eigenvalue weighted by Gasteiger charge is 2.39. The Morgan fingerprint density at radius 1 is 1.21 bits per heavy atom. The normalized spacial score (nSPS) is 20.3. The summed E-state index contributed by atoms with van der Waals surface area (Å²) < 4.78 is 0. The number of hydrogen-bond acceptors (Lipinski definition) is 3. The van der Waals surface area contributed by atoms with Gasteiger partial charge in [0.15, 0.2) is 0 Å². The molecule has 0 heterocycles. The van der Waals surface area contributed by atoms with Crippen LogP contribution in [0.2, 0.25) is 0 Å². The quantitative estimate of drug-likeness (QED) is 0.715. The number of rotatable bonds is 7. The lowest BCUT2D eigenvalue weighted by Crippen LogP contribution is -2.41. The topological polar surface area (TPSA) is 95.5 Å². The van der Waals surface area contributed by atoms with Gasteiger partial charge in [-0.1, -0.05) is 20.8 Å². The minimum Gasteiger partial charge on any atom is -0.480 e. The zero-order valence-corrected chi connectivity index (χ0v) is 14.2. The van der Waals surface area contributed by atoms with Gasteiger partial charge in [-0.25, -0.2) is 4.79 Å². The predicted octanol–water partition coefficient (Wildman–Crippen LogP) is 2.51. The number of amides is 2. The molecule has 1 aliphatic rings. The molecule has 0 aromatic heterocycles. The molecule has 1 aliphatic carbocycles. The molecule has 2 amide bonds. The molecular weight excluding hydrogens is 308 g/mol. The van der Waals surface area contributed by atoms with Gasteiger partial charge in [-0.3, -0.25) is 9.59 Å². The van der Waals surface area contributed by atoms with E-state index in [0.717, 1.165) is 6.42 Å². The average Bonchev–Trinajstić information content (AvgIpc) is 3.23. The lowest BCUT2D eigenvalue weighted by Gasteiger charge is -2.16. The van der Waals surface area contributed by atoms with Gasteiger partial charge >= 0.3 is 5.97 Å². The molecule has 0 bridgehead atoms. The predicted molar refractivity (Wildman–Crippen MR) is 90.7 cm³/mol. The first kappa shape index (κ1) is 18.0. The molecule has 1 aromatic rings. The maximum Gasteiger partial charge on any atom is 0.326 e. The minimum atomic E-state index is -1.04. The number of carbonyl (C=O) groups is 3. The van der Waals surface area contributed by atoms with Crippen molar-refractivity contribution in [3.05, 3.63) is 29.8 Å². The van der Waals surface area contributed by atoms with Crippen molar-refractivity contribution in [2.45, 2.75) is 39.7 Å². The van der Waals surface area contributed by atoms with E-state index in [4.69, 9.17) is 0 Å². The van der Waals surface area contributed by atoms with E-state index >= 15 is 0 Å². The Morgan fingerprint density at radius 3 is 2.25 bits per heavy atom. The van der Waals surface area contributed by atoms with Crippen LogP contribution in [0.25, 0.3) is 0 Å². The largest absolute Gasteiger partial charge is 0.480 e. The summed E-state index contributed by atoms with van der Waals surface area (Å²) in [6.45, 7) is 5.84. The molecule has 0 spiro atoms. The average molecular weight is 332 g/mol. The van der Waals surface area contributed by atoms with E-state index < -0.39 is 17.9 Å². The van der Waals surface area contributed by atoms with E-state index in [1.807, 2.05) is 20.8 Å². The van der Waals surface area contributed by atoms with Crippen molar-refractivity contribution in [3.63, 3.8) is 0 Å². The molecule has 1 saturated carbocycles. The van der Waals surface area contributed by atoms with Crippen molar-refractivity contribution in [3.8, 4) is 0 Å². The van der Waals surface area contributed by atoms with Gasteiger partial charge in [-0.15, -0.1) is 0 Å². The highest BCUT2D eigenvalue weighted by atomic mass is 16.4. The van der Waals surface area contributed by atoms with Gasteiger partial charge < -0.3 is 15.7 Å². The number of anilines is 1. The van der Waals surface area contributed by atoms with Crippen LogP contribution in [0.5, 0.6) is 0 Å². The second-order valence-corrected chi connectivity index (χ2v) is 6.88. The van der Waals surface area contributed by atoms with Gasteiger partial charge in [0.1, 0.15) is 6.04 Å². The maximum atomic E-state index is 12.2. The van der Waals surface area contributed by atoms with Crippen LogP contribution in [0.3, 0.4) is 0 Å². The van der Waals surface area contributed by atoms with Gasteiger partial charge in [0.05, 0.1) is 0 Å². The zero-order chi connectivity index (χ0) is 17.9. The molecule has 6 nitrogen and oxygen atoms in total. The number of carboxylic acid groups (broad SMARTS) is 1. The Bertz CT molecular complexity index is 624. The Labute approximate surface area is 141 Å². The van der Waals surface area contributed by atoms with E-state index in [0.29, 0.717) is 23.6 Å². The van der Waals surface area contributed by atoms with Crippen LogP contribution in [0.1, 0.15) is 44.0 Å². The second-order valence-electron chi connectivity index (χ2n) is 6.88. The van der Waals surface area contributed by atoms with Gasteiger partial charge in [0, 0.05) is 17.2 Å². The third-order valence-electron chi connectivity index (χ3n) is 4.17. The minimum absolute atomic E-state index is 0.00239. The molecule has 130 valence electrons. The molecule has 3 N–H and O–H groups in total.